The number of imidazole rings is 1. The van der Waals surface area contributed by atoms with Gasteiger partial charge in [0.05, 0.1) is 118 Å². The SMILES string of the molecule is CC[C@H]1O[C@@H](n2cc(C)c(=O)[nH]c2=O)C[C@H]1OP([O-])(=S)OC[C@H]1O[C@@H](n2cc(C)c(N)nc2=O)C(OCCOC)[C@H]1OP(=O)([O-])OC[C@H]1O[C@@H](n2cc(C)c(=O)[nH]c2=O)C(OCCOC)[C@H]1OP(=O)([O-])OC[C@H]1O[C@@H](n2cc(C)c(=O)[nH]c2=O)C(OCCOC)[C@H]1OP(=O)([S-])OC[C@H]1O[C@@H](n2cc(C)c(N)nc2=O)C(OCCOC)[C@H]1OP([O-])(=S)OC[C@H]1O[C@@H](n2cnc3c(N)ncnc32)C(OCCOC)[C@H]1O. The summed E-state index contributed by atoms with van der Waals surface area (Å²) in [4.78, 5) is 193. The van der Waals surface area contributed by atoms with E-state index in [1.54, 1.807) is 6.92 Å². The van der Waals surface area contributed by atoms with Crippen LogP contribution in [0.25, 0.3) is 11.2 Å². The van der Waals surface area contributed by atoms with E-state index >= 15 is 23.5 Å². The van der Waals surface area contributed by atoms with Crippen LogP contribution in [0.4, 0.5) is 17.5 Å². The second-order valence-electron chi connectivity index (χ2n) is 32.9. The third-order valence-electron chi connectivity index (χ3n) is 23.1. The van der Waals surface area contributed by atoms with E-state index in [4.69, 9.17) is 174 Å². The van der Waals surface area contributed by atoms with Crippen LogP contribution < -0.4 is 81.9 Å². The number of aliphatic hydroxyl groups excluding tert-OH is 1. The maximum atomic E-state index is 15.5. The Bertz CT molecular complexity index is 6360. The van der Waals surface area contributed by atoms with Crippen LogP contribution in [0.15, 0.2) is 82.0 Å². The highest BCUT2D eigenvalue weighted by Gasteiger charge is 2.57. The van der Waals surface area contributed by atoms with Crippen molar-refractivity contribution in [1.82, 2.24) is 67.3 Å². The van der Waals surface area contributed by atoms with E-state index in [0.717, 1.165) is 35.2 Å². The molecule has 6 aliphatic heterocycles. The number of H-pyrrole nitrogens is 3. The molecule has 10 unspecified atom stereocenters. The number of aliphatic hydroxyl groups is 1. The number of fused-ring (bicyclic) bond motifs is 1. The molecule has 143 heavy (non-hydrogen) atoms. The molecule has 0 aromatic carbocycles. The predicted octanol–water partition coefficient (Wildman–Crippen LogP) is -4.25. The molecule has 7 aromatic rings. The van der Waals surface area contributed by atoms with E-state index in [1.807, 2.05) is 0 Å². The molecular weight excluding hydrogens is 2070 g/mol. The van der Waals surface area contributed by atoms with E-state index < -0.39 is 275 Å². The fraction of sp³-hybridized carbons (Fsp3) is 0.671. The molecule has 0 saturated carbocycles. The fourth-order valence-electron chi connectivity index (χ4n) is 16.1. The van der Waals surface area contributed by atoms with Crippen molar-refractivity contribution in [2.75, 3.05) is 152 Å². The number of aromatic nitrogens is 14. The lowest BCUT2D eigenvalue weighted by atomic mass is 10.1. The molecule has 6 aliphatic rings. The van der Waals surface area contributed by atoms with Crippen LogP contribution in [0, 0.1) is 34.6 Å². The Morgan fingerprint density at radius 3 is 1.20 bits per heavy atom. The lowest BCUT2D eigenvalue weighted by Crippen LogP contribution is -2.43. The zero-order valence-electron chi connectivity index (χ0n) is 78.1. The van der Waals surface area contributed by atoms with Gasteiger partial charge in [0.2, 0.25) is 0 Å². The number of phosphoric ester groups is 2. The van der Waals surface area contributed by atoms with E-state index in [1.165, 1.54) is 106 Å². The summed E-state index contributed by atoms with van der Waals surface area (Å²) in [7, 11) is -5.88. The maximum absolute atomic E-state index is 15.5. The minimum absolute atomic E-state index is 0.0109. The molecule has 10 N–H and O–H groups in total. The van der Waals surface area contributed by atoms with E-state index in [9.17, 15) is 53.2 Å². The third-order valence-corrected chi connectivity index (χ3v) is 29.7. The second-order valence-corrected chi connectivity index (χ2v) is 43.7. The summed E-state index contributed by atoms with van der Waals surface area (Å²) >= 11 is 16.6. The van der Waals surface area contributed by atoms with Crippen molar-refractivity contribution in [2.45, 2.75) is 196 Å². The number of nitrogen functional groups attached to an aromatic ring is 3. The van der Waals surface area contributed by atoms with Gasteiger partial charge < -0.3 is 175 Å². The topological polar surface area (TPSA) is 760 Å². The van der Waals surface area contributed by atoms with Crippen molar-refractivity contribution in [1.29, 1.82) is 0 Å². The molecule has 0 spiro atoms. The zero-order valence-corrected chi connectivity index (χ0v) is 85.1. The second kappa shape index (κ2) is 49.1. The van der Waals surface area contributed by atoms with Gasteiger partial charge in [-0.2, -0.15) is 9.97 Å². The van der Waals surface area contributed by atoms with Crippen molar-refractivity contribution < 1.29 is 159 Å². The van der Waals surface area contributed by atoms with Crippen LogP contribution >= 0.6 is 35.9 Å². The van der Waals surface area contributed by atoms with Crippen molar-refractivity contribution >= 4 is 100 Å². The summed E-state index contributed by atoms with van der Waals surface area (Å²) in [5, 5.41) is 11.9. The first-order valence-corrected chi connectivity index (χ1v) is 54.3. The average molecular weight is 2180 g/mol. The quantitative estimate of drug-likeness (QED) is 0.0108. The summed E-state index contributed by atoms with van der Waals surface area (Å²) in [6, 6.07) is 0. The average Bonchev–Trinajstić information content (AvgIpc) is 1.59. The fourth-order valence-corrected chi connectivity index (χ4v) is 22.3. The molecule has 0 bridgehead atoms. The molecule has 6 fully saturated rings. The van der Waals surface area contributed by atoms with Gasteiger partial charge in [0.1, 0.15) is 135 Å². The highest BCUT2D eigenvalue weighted by molar-refractivity contribution is 8.32. The summed E-state index contributed by atoms with van der Waals surface area (Å²) in [5.74, 6) is -0.418. The first kappa shape index (κ1) is 113. The molecule has 13 heterocycles. The number of ether oxygens (including phenoxy) is 16. The summed E-state index contributed by atoms with van der Waals surface area (Å²) in [6.07, 6.45) is -31.2. The van der Waals surface area contributed by atoms with Crippen LogP contribution in [0.2, 0.25) is 0 Å². The number of hydrogen-bond acceptors (Lipinski definition) is 53. The van der Waals surface area contributed by atoms with Crippen molar-refractivity contribution in [3.63, 3.8) is 0 Å². The molecular formula is C76H107N17O42P5S3-5. The monoisotopic (exact) mass is 2180 g/mol. The molecule has 67 heteroatoms. The van der Waals surface area contributed by atoms with Crippen molar-refractivity contribution in [3.05, 3.63) is 155 Å². The molecule has 0 aliphatic carbocycles. The summed E-state index contributed by atoms with van der Waals surface area (Å²) < 4.78 is 205. The molecule has 28 atom stereocenters. The number of nitrogens with one attached hydrogen (secondary N) is 3. The Kier molecular flexibility index (Phi) is 38.8. The Morgan fingerprint density at radius 1 is 0.420 bits per heavy atom. The van der Waals surface area contributed by atoms with Crippen LogP contribution in [0.1, 0.15) is 85.0 Å². The van der Waals surface area contributed by atoms with Crippen LogP contribution in [0.5, 0.6) is 0 Å². The van der Waals surface area contributed by atoms with Gasteiger partial charge in [-0.1, -0.05) is 30.5 Å². The van der Waals surface area contributed by atoms with Crippen LogP contribution in [-0.4, -0.2) is 311 Å². The normalized spacial score (nSPS) is 29.4. The lowest BCUT2D eigenvalue weighted by Gasteiger charge is -2.36. The largest absolute Gasteiger partial charge is 0.780 e. The Balaban J connectivity index is 0.793. The van der Waals surface area contributed by atoms with Gasteiger partial charge in [-0.25, -0.2) is 38.9 Å². The lowest BCUT2D eigenvalue weighted by molar-refractivity contribution is -0.241. The number of methoxy groups -OCH3 is 5. The van der Waals surface area contributed by atoms with Gasteiger partial charge >= 0.3 is 28.4 Å². The zero-order chi connectivity index (χ0) is 104. The standard InChI is InChI=1S/C76H112N17O42P5S3/c1-12-41-42(23-48(125-41)88-26-38(4)64(95)85-74(88)100)131-138(107,141)123-32-46-52(57(117-20-15-112-9)68(129-46)89-24-36(2)60(77)83-72(89)98)133-136(103,104)120-30-44-51(56(116-19-14-111-8)69(127-44)91-27-39(5)65(96)86-75(91)101)132-137(105,106)121-31-45-53(58(118-21-16-113-10)71(128-45)92-28-40(6)66(97)87-76(92)102)134-140(109,143)124-33-47-54(59(119-22-17-114-11)70(130-47)90-25-37(3)61(78)84-73(90)99)135-139(108,142)122-29-43-50(94)55(115-18-13-110-7)67(126-43)93-35-82-49-62(79)80-34-81-63(49)93/h24-28,34-35,41-48,50-59,67-71,94H,12-23,29-33H2,1-11H3,(H,103,104)(H,105,106)(H,107,141)(H,108,142)(H,109,143)(H2,77,83,98)(H2,78,84,99)(H2,79,80,81)(H,85,95,100)(H,86,96,101)(H,87,97,102)/p-5/t41-,42-,43-,44-,45-,46-,47-,48-,50+,51+,52+,53+,54+,55?,56?,57?,58?,59?,67-,68-,69-,70-,71-,138?,139?,140?/m1/s1. The van der Waals surface area contributed by atoms with Gasteiger partial charge in [-0.3, -0.25) is 70.4 Å². The van der Waals surface area contributed by atoms with Gasteiger partial charge in [0, 0.05) is 101 Å². The number of aryl methyl sites for hydroxylation is 5. The van der Waals surface area contributed by atoms with Crippen LogP contribution in [-0.2, 0) is 171 Å². The van der Waals surface area contributed by atoms with Gasteiger partial charge in [0.25, 0.3) is 32.3 Å². The minimum atomic E-state index is -6.27. The van der Waals surface area contributed by atoms with E-state index in [-0.39, 0.29) is 116 Å². The molecule has 6 saturated heterocycles. The number of aromatic amines is 3. The van der Waals surface area contributed by atoms with E-state index in [0.29, 0.717) is 0 Å². The number of phosphoric acid groups is 2. The predicted molar refractivity (Wildman–Crippen MR) is 489 cm³/mol. The highest BCUT2D eigenvalue weighted by atomic mass is 32.7. The number of nitrogens with zero attached hydrogens (tertiary/aromatic N) is 11. The Hall–Kier alpha value is -7.15. The molecule has 0 amide bonds. The number of hydrogen-bond donors (Lipinski definition) is 7. The molecule has 59 nitrogen and oxygen atoms in total. The number of nitrogens with two attached hydrogens (primary N) is 3. The smallest absolute Gasteiger partial charge is 0.351 e. The van der Waals surface area contributed by atoms with Crippen LogP contribution in [0.3, 0.4) is 0 Å². The molecule has 0 radical (unpaired) electrons. The number of rotatable bonds is 52. The number of anilines is 3. The molecule has 796 valence electrons. The molecule has 7 aromatic heterocycles. The Morgan fingerprint density at radius 2 is 0.769 bits per heavy atom. The maximum Gasteiger partial charge on any atom is 0.351 e. The Labute approximate surface area is 825 Å². The van der Waals surface area contributed by atoms with Crippen molar-refractivity contribution in [2.24, 2.45) is 0 Å². The molecule has 13 rings (SSSR count). The highest BCUT2D eigenvalue weighted by Crippen LogP contribution is 2.56. The third kappa shape index (κ3) is 27.6. The van der Waals surface area contributed by atoms with Gasteiger partial charge in [-0.05, 0) is 41.0 Å². The van der Waals surface area contributed by atoms with E-state index in [2.05, 4.69) is 39.9 Å². The summed E-state index contributed by atoms with van der Waals surface area (Å²) in [5.41, 5.74) is 11.0. The van der Waals surface area contributed by atoms with Gasteiger partial charge in [0.15, 0.2) is 49.4 Å². The first-order valence-electron chi connectivity index (χ1n) is 43.7. The minimum Gasteiger partial charge on any atom is -0.780 e. The first-order chi connectivity index (χ1) is 67.8. The summed E-state index contributed by atoms with van der Waals surface area (Å²) in [6.45, 7) is -15.0. The van der Waals surface area contributed by atoms with Gasteiger partial charge in [-0.15, -0.1) is 0 Å². The van der Waals surface area contributed by atoms with Crippen molar-refractivity contribution in [3.8, 4) is 0 Å².